The van der Waals surface area contributed by atoms with E-state index in [1.165, 1.54) is 6.21 Å². The molecule has 0 aliphatic carbocycles. The second-order valence-corrected chi connectivity index (χ2v) is 4.61. The molecule has 110 valence electrons. The van der Waals surface area contributed by atoms with Crippen LogP contribution in [-0.4, -0.2) is 23.0 Å². The number of hydrogen-bond acceptors (Lipinski definition) is 4. The third-order valence-corrected chi connectivity index (χ3v) is 3.20. The molecule has 1 heterocycles. The van der Waals surface area contributed by atoms with Crippen LogP contribution in [0.1, 0.15) is 5.56 Å². The molecule has 6 heteroatoms. The first-order chi connectivity index (χ1) is 10.7. The highest BCUT2D eigenvalue weighted by molar-refractivity contribution is 5.80. The molecule has 0 radical (unpaired) electrons. The summed E-state index contributed by atoms with van der Waals surface area (Å²) in [4.78, 5) is 26.9. The maximum absolute atomic E-state index is 12.3. The molecule has 3 aromatic rings. The van der Waals surface area contributed by atoms with Crippen LogP contribution >= 0.6 is 0 Å². The number of methoxy groups -OCH3 is 1. The zero-order valence-corrected chi connectivity index (χ0v) is 11.8. The van der Waals surface area contributed by atoms with Gasteiger partial charge in [-0.1, -0.05) is 24.3 Å². The van der Waals surface area contributed by atoms with E-state index in [-0.39, 0.29) is 0 Å². The predicted molar refractivity (Wildman–Crippen MR) is 84.8 cm³/mol. The first-order valence-corrected chi connectivity index (χ1v) is 6.61. The highest BCUT2D eigenvalue weighted by atomic mass is 16.5. The van der Waals surface area contributed by atoms with E-state index in [9.17, 15) is 9.59 Å². The van der Waals surface area contributed by atoms with Crippen molar-refractivity contribution in [1.29, 1.82) is 0 Å². The number of hydrogen-bond donors (Lipinski definition) is 1. The van der Waals surface area contributed by atoms with Crippen LogP contribution in [0.5, 0.6) is 5.75 Å². The maximum Gasteiger partial charge on any atom is 0.349 e. The van der Waals surface area contributed by atoms with Gasteiger partial charge in [0, 0.05) is 0 Å². The van der Waals surface area contributed by atoms with E-state index in [1.54, 1.807) is 55.6 Å². The molecule has 0 bridgehead atoms. The largest absolute Gasteiger partial charge is 0.497 e. The number of ether oxygens (including phenoxy) is 1. The Morgan fingerprint density at radius 2 is 1.95 bits per heavy atom. The van der Waals surface area contributed by atoms with Gasteiger partial charge in [0.2, 0.25) is 0 Å². The van der Waals surface area contributed by atoms with E-state index < -0.39 is 11.2 Å². The summed E-state index contributed by atoms with van der Waals surface area (Å²) in [6, 6.07) is 14.0. The maximum atomic E-state index is 12.3. The molecule has 0 atom stereocenters. The first-order valence-electron chi connectivity index (χ1n) is 6.61. The van der Waals surface area contributed by atoms with Gasteiger partial charge in [0.15, 0.2) is 0 Å². The lowest BCUT2D eigenvalue weighted by molar-refractivity contribution is 0.414. The standard InChI is InChI=1S/C16H13N3O3/c1-22-12-6-4-5-11(9-12)10-17-19-15(20)13-7-2-3-8-14(13)18-16(19)21/h2-10H,1H3,(H,18,21). The number of benzene rings is 2. The third-order valence-electron chi connectivity index (χ3n) is 3.20. The minimum Gasteiger partial charge on any atom is -0.497 e. The molecule has 6 nitrogen and oxygen atoms in total. The lowest BCUT2D eigenvalue weighted by atomic mass is 10.2. The van der Waals surface area contributed by atoms with Crippen molar-refractivity contribution < 1.29 is 4.74 Å². The normalized spacial score (nSPS) is 11.1. The summed E-state index contributed by atoms with van der Waals surface area (Å²) in [5.74, 6) is 0.670. The molecule has 0 fully saturated rings. The number of para-hydroxylation sites is 1. The fourth-order valence-corrected chi connectivity index (χ4v) is 2.10. The Kier molecular flexibility index (Phi) is 3.57. The lowest BCUT2D eigenvalue weighted by Crippen LogP contribution is -2.32. The molecule has 0 amide bonds. The minimum absolute atomic E-state index is 0.407. The van der Waals surface area contributed by atoms with Gasteiger partial charge < -0.3 is 9.72 Å². The molecule has 22 heavy (non-hydrogen) atoms. The van der Waals surface area contributed by atoms with Gasteiger partial charge in [-0.3, -0.25) is 4.79 Å². The van der Waals surface area contributed by atoms with Crippen molar-refractivity contribution in [3.8, 4) is 5.75 Å². The number of aromatic amines is 1. The molecule has 0 spiro atoms. The van der Waals surface area contributed by atoms with Crippen LogP contribution in [0.2, 0.25) is 0 Å². The van der Waals surface area contributed by atoms with Crippen LogP contribution in [0.25, 0.3) is 10.9 Å². The third kappa shape index (κ3) is 2.54. The van der Waals surface area contributed by atoms with Crippen LogP contribution in [0.15, 0.2) is 63.2 Å². The average Bonchev–Trinajstić information content (AvgIpc) is 2.55. The van der Waals surface area contributed by atoms with Crippen molar-refractivity contribution in [2.45, 2.75) is 0 Å². The average molecular weight is 295 g/mol. The first kappa shape index (κ1) is 13.8. The van der Waals surface area contributed by atoms with Crippen molar-refractivity contribution in [2.75, 3.05) is 7.11 Å². The summed E-state index contributed by atoms with van der Waals surface area (Å²) in [7, 11) is 1.56. The summed E-state index contributed by atoms with van der Waals surface area (Å²) >= 11 is 0. The minimum atomic E-state index is -0.581. The molecule has 0 saturated carbocycles. The Bertz CT molecular complexity index is 970. The Hall–Kier alpha value is -3.15. The Morgan fingerprint density at radius 3 is 2.77 bits per heavy atom. The zero-order chi connectivity index (χ0) is 15.5. The van der Waals surface area contributed by atoms with Crippen molar-refractivity contribution in [2.24, 2.45) is 5.10 Å². The number of fused-ring (bicyclic) bond motifs is 1. The number of rotatable bonds is 3. The van der Waals surface area contributed by atoms with Crippen LogP contribution in [0.3, 0.4) is 0 Å². The summed E-state index contributed by atoms with van der Waals surface area (Å²) in [6.45, 7) is 0. The number of aromatic nitrogens is 2. The monoisotopic (exact) mass is 295 g/mol. The molecule has 1 aromatic heterocycles. The summed E-state index contributed by atoms with van der Waals surface area (Å²) < 4.78 is 5.92. The summed E-state index contributed by atoms with van der Waals surface area (Å²) in [5, 5.41) is 4.39. The Morgan fingerprint density at radius 1 is 1.14 bits per heavy atom. The molecule has 2 aromatic carbocycles. The van der Waals surface area contributed by atoms with E-state index in [2.05, 4.69) is 10.1 Å². The smallest absolute Gasteiger partial charge is 0.349 e. The van der Waals surface area contributed by atoms with Gasteiger partial charge in [-0.25, -0.2) is 4.79 Å². The Labute approximate surface area is 125 Å². The molecular formula is C16H13N3O3. The van der Waals surface area contributed by atoms with E-state index in [4.69, 9.17) is 4.74 Å². The van der Waals surface area contributed by atoms with Gasteiger partial charge in [0.05, 0.1) is 24.2 Å². The number of H-pyrrole nitrogens is 1. The van der Waals surface area contributed by atoms with Crippen molar-refractivity contribution in [3.05, 3.63) is 74.9 Å². The van der Waals surface area contributed by atoms with Gasteiger partial charge >= 0.3 is 5.69 Å². The quantitative estimate of drug-likeness (QED) is 0.745. The van der Waals surface area contributed by atoms with Crippen LogP contribution in [-0.2, 0) is 0 Å². The van der Waals surface area contributed by atoms with Gasteiger partial charge in [-0.15, -0.1) is 4.68 Å². The van der Waals surface area contributed by atoms with Crippen molar-refractivity contribution >= 4 is 17.1 Å². The lowest BCUT2D eigenvalue weighted by Gasteiger charge is -2.01. The number of nitrogens with zero attached hydrogens (tertiary/aromatic N) is 2. The van der Waals surface area contributed by atoms with Crippen molar-refractivity contribution in [3.63, 3.8) is 0 Å². The second-order valence-electron chi connectivity index (χ2n) is 4.61. The van der Waals surface area contributed by atoms with E-state index in [1.807, 2.05) is 0 Å². The predicted octanol–water partition coefficient (Wildman–Crippen LogP) is 1.58. The Balaban J connectivity index is 2.09. The molecule has 0 saturated heterocycles. The summed E-state index contributed by atoms with van der Waals surface area (Å²) in [6.07, 6.45) is 1.44. The fourth-order valence-electron chi connectivity index (χ4n) is 2.10. The molecule has 1 N–H and O–H groups in total. The van der Waals surface area contributed by atoms with E-state index in [0.29, 0.717) is 16.7 Å². The fraction of sp³-hybridized carbons (Fsp3) is 0.0625. The molecule has 3 rings (SSSR count). The SMILES string of the molecule is COc1cccc(C=Nn2c(=O)[nH]c3ccccc3c2=O)c1. The second kappa shape index (κ2) is 5.69. The van der Waals surface area contributed by atoms with Crippen LogP contribution < -0.4 is 16.0 Å². The van der Waals surface area contributed by atoms with Crippen molar-refractivity contribution in [1.82, 2.24) is 9.66 Å². The van der Waals surface area contributed by atoms with Crippen LogP contribution in [0, 0.1) is 0 Å². The van der Waals surface area contributed by atoms with Gasteiger partial charge in [-0.05, 0) is 29.8 Å². The molecule has 0 aliphatic rings. The summed E-state index contributed by atoms with van der Waals surface area (Å²) in [5.41, 5.74) is 0.172. The highest BCUT2D eigenvalue weighted by Crippen LogP contribution is 2.10. The topological polar surface area (TPSA) is 76.5 Å². The molecule has 0 unspecified atom stereocenters. The molecule has 0 aliphatic heterocycles. The van der Waals surface area contributed by atoms with Crippen LogP contribution in [0.4, 0.5) is 0 Å². The highest BCUT2D eigenvalue weighted by Gasteiger charge is 2.05. The zero-order valence-electron chi connectivity index (χ0n) is 11.8. The van der Waals surface area contributed by atoms with E-state index >= 15 is 0 Å². The van der Waals surface area contributed by atoms with E-state index in [0.717, 1.165) is 10.2 Å². The number of nitrogens with one attached hydrogen (secondary N) is 1. The van der Waals surface area contributed by atoms with Gasteiger partial charge in [-0.2, -0.15) is 5.10 Å². The molecular weight excluding hydrogens is 282 g/mol. The van der Waals surface area contributed by atoms with Gasteiger partial charge in [0.25, 0.3) is 5.56 Å². The van der Waals surface area contributed by atoms with Gasteiger partial charge in [0.1, 0.15) is 5.75 Å².